The smallest absolute Gasteiger partial charge is 0.0483 e. The van der Waals surface area contributed by atoms with Crippen LogP contribution in [0.2, 0.25) is 0 Å². The molecule has 2 saturated heterocycles. The van der Waals surface area contributed by atoms with Gasteiger partial charge in [-0.05, 0) is 51.2 Å². The van der Waals surface area contributed by atoms with Gasteiger partial charge < -0.3 is 15.4 Å². The minimum atomic E-state index is 0.320. The molecule has 88 valence electrons. The van der Waals surface area contributed by atoms with Crippen LogP contribution in [0.1, 0.15) is 26.7 Å². The van der Waals surface area contributed by atoms with Crippen molar-refractivity contribution in [2.75, 3.05) is 32.8 Å². The molecule has 0 aliphatic carbocycles. The zero-order valence-corrected chi connectivity index (χ0v) is 10.0. The fourth-order valence-electron chi connectivity index (χ4n) is 2.51. The summed E-state index contributed by atoms with van der Waals surface area (Å²) < 4.78 is 5.41. The summed E-state index contributed by atoms with van der Waals surface area (Å²) >= 11 is 0. The molecule has 2 heterocycles. The lowest BCUT2D eigenvalue weighted by atomic mass is 9.90. The molecule has 2 aliphatic rings. The zero-order chi connectivity index (χ0) is 10.7. The second kappa shape index (κ2) is 4.81. The summed E-state index contributed by atoms with van der Waals surface area (Å²) in [5, 5.41) is 7.21. The molecule has 2 N–H and O–H groups in total. The van der Waals surface area contributed by atoms with Gasteiger partial charge in [0.15, 0.2) is 0 Å². The second-order valence-corrected chi connectivity index (χ2v) is 5.45. The van der Waals surface area contributed by atoms with Crippen molar-refractivity contribution in [3.63, 3.8) is 0 Å². The van der Waals surface area contributed by atoms with Crippen LogP contribution in [0.5, 0.6) is 0 Å². The Hall–Kier alpha value is -0.120. The van der Waals surface area contributed by atoms with Gasteiger partial charge in [-0.3, -0.25) is 0 Å². The van der Waals surface area contributed by atoms with Crippen LogP contribution in [0.3, 0.4) is 0 Å². The Labute approximate surface area is 93.0 Å². The minimum Gasteiger partial charge on any atom is -0.381 e. The molecule has 2 rings (SSSR count). The molecule has 15 heavy (non-hydrogen) atoms. The van der Waals surface area contributed by atoms with Crippen molar-refractivity contribution < 1.29 is 4.74 Å². The van der Waals surface area contributed by atoms with Crippen molar-refractivity contribution in [3.05, 3.63) is 0 Å². The van der Waals surface area contributed by atoms with E-state index in [0.717, 1.165) is 44.4 Å². The Balaban J connectivity index is 1.76. The second-order valence-electron chi connectivity index (χ2n) is 5.45. The van der Waals surface area contributed by atoms with E-state index >= 15 is 0 Å². The largest absolute Gasteiger partial charge is 0.381 e. The highest BCUT2D eigenvalue weighted by Crippen LogP contribution is 2.22. The number of rotatable bonds is 3. The van der Waals surface area contributed by atoms with Gasteiger partial charge in [-0.1, -0.05) is 6.92 Å². The van der Waals surface area contributed by atoms with Crippen LogP contribution in [-0.4, -0.2) is 38.4 Å². The standard InChI is InChI=1S/C12H24N2O/c1-10-7-13-8-11(10)9-14-12(2)3-5-15-6-4-12/h10-11,13-14H,3-9H2,1-2H3/t10-,11+/m1/s1. The molecular weight excluding hydrogens is 188 g/mol. The third kappa shape index (κ3) is 2.92. The molecule has 0 aromatic heterocycles. The van der Waals surface area contributed by atoms with E-state index in [1.54, 1.807) is 0 Å². The van der Waals surface area contributed by atoms with E-state index < -0.39 is 0 Å². The predicted octanol–water partition coefficient (Wildman–Crippen LogP) is 1.00. The summed E-state index contributed by atoms with van der Waals surface area (Å²) in [5.74, 6) is 1.63. The van der Waals surface area contributed by atoms with Gasteiger partial charge in [-0.2, -0.15) is 0 Å². The van der Waals surface area contributed by atoms with Crippen molar-refractivity contribution in [2.24, 2.45) is 11.8 Å². The molecule has 0 spiro atoms. The Kier molecular flexibility index (Phi) is 3.65. The van der Waals surface area contributed by atoms with Crippen LogP contribution < -0.4 is 10.6 Å². The molecule has 0 bridgehead atoms. The van der Waals surface area contributed by atoms with Gasteiger partial charge >= 0.3 is 0 Å². The van der Waals surface area contributed by atoms with Crippen molar-refractivity contribution >= 4 is 0 Å². The van der Waals surface area contributed by atoms with E-state index in [-0.39, 0.29) is 0 Å². The summed E-state index contributed by atoms with van der Waals surface area (Å²) in [6, 6.07) is 0. The van der Waals surface area contributed by atoms with Gasteiger partial charge in [0, 0.05) is 18.8 Å². The van der Waals surface area contributed by atoms with E-state index in [0.29, 0.717) is 5.54 Å². The molecule has 0 aromatic carbocycles. The highest BCUT2D eigenvalue weighted by molar-refractivity contribution is 4.88. The van der Waals surface area contributed by atoms with Gasteiger partial charge in [0.25, 0.3) is 0 Å². The molecule has 0 amide bonds. The first-order valence-electron chi connectivity index (χ1n) is 6.23. The van der Waals surface area contributed by atoms with Gasteiger partial charge in [-0.25, -0.2) is 0 Å². The molecule has 0 saturated carbocycles. The monoisotopic (exact) mass is 212 g/mol. The third-order valence-electron chi connectivity index (χ3n) is 4.06. The topological polar surface area (TPSA) is 33.3 Å². The maximum atomic E-state index is 5.41. The molecule has 0 aromatic rings. The fraction of sp³-hybridized carbons (Fsp3) is 1.00. The first-order valence-corrected chi connectivity index (χ1v) is 6.23. The Morgan fingerprint density at radius 2 is 2.07 bits per heavy atom. The molecule has 2 fully saturated rings. The molecule has 3 heteroatoms. The SMILES string of the molecule is C[C@@H]1CNC[C@H]1CNC1(C)CCOCC1. The highest BCUT2D eigenvalue weighted by atomic mass is 16.5. The molecule has 0 radical (unpaired) electrons. The van der Waals surface area contributed by atoms with Crippen molar-refractivity contribution in [2.45, 2.75) is 32.2 Å². The summed E-state index contributed by atoms with van der Waals surface area (Å²) in [6.07, 6.45) is 2.31. The average molecular weight is 212 g/mol. The van der Waals surface area contributed by atoms with Crippen molar-refractivity contribution in [1.82, 2.24) is 10.6 Å². The Morgan fingerprint density at radius 3 is 2.67 bits per heavy atom. The quantitative estimate of drug-likeness (QED) is 0.732. The predicted molar refractivity (Wildman–Crippen MR) is 62.0 cm³/mol. The van der Waals surface area contributed by atoms with Crippen LogP contribution in [0.25, 0.3) is 0 Å². The number of nitrogens with one attached hydrogen (secondary N) is 2. The highest BCUT2D eigenvalue weighted by Gasteiger charge is 2.29. The van der Waals surface area contributed by atoms with Crippen LogP contribution in [0, 0.1) is 11.8 Å². The van der Waals surface area contributed by atoms with Gasteiger partial charge in [0.05, 0.1) is 0 Å². The average Bonchev–Trinajstić information content (AvgIpc) is 2.62. The Morgan fingerprint density at radius 1 is 1.33 bits per heavy atom. The van der Waals surface area contributed by atoms with E-state index in [9.17, 15) is 0 Å². The number of hydrogen-bond donors (Lipinski definition) is 2. The van der Waals surface area contributed by atoms with Crippen LogP contribution in [-0.2, 0) is 4.74 Å². The lowest BCUT2D eigenvalue weighted by Crippen LogP contribution is -2.49. The van der Waals surface area contributed by atoms with Gasteiger partial charge in [0.1, 0.15) is 0 Å². The summed E-state index contributed by atoms with van der Waals surface area (Å²) in [7, 11) is 0. The van der Waals surface area contributed by atoms with Gasteiger partial charge in [-0.15, -0.1) is 0 Å². The van der Waals surface area contributed by atoms with E-state index in [1.807, 2.05) is 0 Å². The van der Waals surface area contributed by atoms with E-state index in [1.165, 1.54) is 13.1 Å². The third-order valence-corrected chi connectivity index (χ3v) is 4.06. The van der Waals surface area contributed by atoms with Crippen LogP contribution in [0.4, 0.5) is 0 Å². The molecular formula is C12H24N2O. The summed E-state index contributed by atoms with van der Waals surface area (Å²) in [6.45, 7) is 10.0. The van der Waals surface area contributed by atoms with Crippen LogP contribution in [0.15, 0.2) is 0 Å². The van der Waals surface area contributed by atoms with E-state index in [2.05, 4.69) is 24.5 Å². The zero-order valence-electron chi connectivity index (χ0n) is 10.0. The molecule has 3 nitrogen and oxygen atoms in total. The van der Waals surface area contributed by atoms with Crippen molar-refractivity contribution in [3.8, 4) is 0 Å². The first-order chi connectivity index (χ1) is 7.20. The lowest BCUT2D eigenvalue weighted by molar-refractivity contribution is 0.0434. The number of hydrogen-bond acceptors (Lipinski definition) is 3. The molecule has 0 unspecified atom stereocenters. The van der Waals surface area contributed by atoms with Gasteiger partial charge in [0.2, 0.25) is 0 Å². The summed E-state index contributed by atoms with van der Waals surface area (Å²) in [5.41, 5.74) is 0.320. The minimum absolute atomic E-state index is 0.320. The van der Waals surface area contributed by atoms with Crippen LogP contribution >= 0.6 is 0 Å². The molecule has 2 aliphatic heterocycles. The summed E-state index contributed by atoms with van der Waals surface area (Å²) in [4.78, 5) is 0. The van der Waals surface area contributed by atoms with E-state index in [4.69, 9.17) is 4.74 Å². The number of ether oxygens (including phenoxy) is 1. The maximum Gasteiger partial charge on any atom is 0.0483 e. The Bertz CT molecular complexity index is 202. The van der Waals surface area contributed by atoms with Crippen molar-refractivity contribution in [1.29, 1.82) is 0 Å². The lowest BCUT2D eigenvalue weighted by Gasteiger charge is -2.36. The first kappa shape index (κ1) is 11.4. The maximum absolute atomic E-state index is 5.41. The normalized spacial score (nSPS) is 35.6. The fourth-order valence-corrected chi connectivity index (χ4v) is 2.51. The molecule has 2 atom stereocenters.